The van der Waals surface area contributed by atoms with Crippen LogP contribution in [0.3, 0.4) is 0 Å². The molecule has 1 nitrogen and oxygen atoms in total. The van der Waals surface area contributed by atoms with E-state index in [9.17, 15) is 4.39 Å². The lowest BCUT2D eigenvalue weighted by atomic mass is 10.1. The van der Waals surface area contributed by atoms with Crippen LogP contribution in [0.25, 0.3) is 0 Å². The molecule has 0 fully saturated rings. The first-order valence-electron chi connectivity index (χ1n) is 4.21. The van der Waals surface area contributed by atoms with Crippen molar-refractivity contribution in [3.05, 3.63) is 28.8 Å². The molecule has 0 bridgehead atoms. The van der Waals surface area contributed by atoms with Crippen LogP contribution in [0.1, 0.15) is 30.7 Å². The van der Waals surface area contributed by atoms with Gasteiger partial charge in [-0.2, -0.15) is 4.39 Å². The van der Waals surface area contributed by atoms with Crippen LogP contribution in [0, 0.1) is 26.7 Å². The molecule has 0 aliphatic rings. The van der Waals surface area contributed by atoms with Gasteiger partial charge in [-0.25, -0.2) is 4.98 Å². The van der Waals surface area contributed by atoms with Gasteiger partial charge in [0.1, 0.15) is 0 Å². The minimum absolute atomic E-state index is 0.388. The summed E-state index contributed by atoms with van der Waals surface area (Å²) in [6, 6.07) is 1.45. The zero-order valence-electron chi connectivity index (χ0n) is 8.40. The zero-order valence-corrected chi connectivity index (χ0v) is 8.40. The molecule has 12 heavy (non-hydrogen) atoms. The summed E-state index contributed by atoms with van der Waals surface area (Å²) in [5, 5.41) is 0. The van der Waals surface area contributed by atoms with Crippen molar-refractivity contribution < 1.29 is 4.39 Å². The van der Waals surface area contributed by atoms with Gasteiger partial charge >= 0.3 is 0 Å². The van der Waals surface area contributed by atoms with Crippen molar-refractivity contribution in [1.29, 1.82) is 0 Å². The molecule has 0 atom stereocenters. The molecule has 0 aromatic carbocycles. The van der Waals surface area contributed by atoms with Crippen molar-refractivity contribution in [2.24, 2.45) is 0 Å². The van der Waals surface area contributed by atoms with Crippen LogP contribution >= 0.6 is 0 Å². The van der Waals surface area contributed by atoms with E-state index in [1.54, 1.807) is 0 Å². The van der Waals surface area contributed by atoms with Crippen molar-refractivity contribution in [3.8, 4) is 0 Å². The molecule has 0 unspecified atom stereocenters. The van der Waals surface area contributed by atoms with Crippen LogP contribution in [0.15, 0.2) is 6.07 Å². The van der Waals surface area contributed by atoms with Crippen molar-refractivity contribution >= 4 is 0 Å². The second-order valence-corrected chi connectivity index (χ2v) is 2.47. The van der Waals surface area contributed by atoms with Crippen LogP contribution in [0.4, 0.5) is 4.39 Å². The fraction of sp³-hybridized carbons (Fsp3) is 0.500. The van der Waals surface area contributed by atoms with E-state index in [1.807, 2.05) is 34.6 Å². The SMILES string of the molecule is CC.Cc1cc(F)nc(C)c1C. The number of nitrogens with zero attached hydrogens (tertiary/aromatic N) is 1. The van der Waals surface area contributed by atoms with Gasteiger partial charge in [0.25, 0.3) is 0 Å². The van der Waals surface area contributed by atoms with E-state index in [1.165, 1.54) is 6.07 Å². The largest absolute Gasteiger partial charge is 0.225 e. The molecule has 0 saturated heterocycles. The Morgan fingerprint density at radius 1 is 1.17 bits per heavy atom. The van der Waals surface area contributed by atoms with Crippen molar-refractivity contribution in [1.82, 2.24) is 4.98 Å². The van der Waals surface area contributed by atoms with E-state index >= 15 is 0 Å². The summed E-state index contributed by atoms with van der Waals surface area (Å²) >= 11 is 0. The third-order valence-electron chi connectivity index (χ3n) is 1.74. The van der Waals surface area contributed by atoms with Gasteiger partial charge in [0.05, 0.1) is 0 Å². The maximum atomic E-state index is 12.5. The van der Waals surface area contributed by atoms with Gasteiger partial charge in [0.15, 0.2) is 0 Å². The van der Waals surface area contributed by atoms with Crippen molar-refractivity contribution in [2.75, 3.05) is 0 Å². The van der Waals surface area contributed by atoms with Crippen LogP contribution < -0.4 is 0 Å². The average Bonchev–Trinajstić information content (AvgIpc) is 2.04. The average molecular weight is 169 g/mol. The lowest BCUT2D eigenvalue weighted by Crippen LogP contribution is -1.93. The predicted octanol–water partition coefficient (Wildman–Crippen LogP) is 3.17. The Bertz CT molecular complexity index is 233. The Hall–Kier alpha value is -0.920. The summed E-state index contributed by atoms with van der Waals surface area (Å²) < 4.78 is 12.5. The van der Waals surface area contributed by atoms with E-state index in [4.69, 9.17) is 0 Å². The molecular weight excluding hydrogens is 153 g/mol. The Morgan fingerprint density at radius 3 is 2.08 bits per heavy atom. The fourth-order valence-electron chi connectivity index (χ4n) is 0.849. The van der Waals surface area contributed by atoms with Gasteiger partial charge in [-0.15, -0.1) is 0 Å². The quantitative estimate of drug-likeness (QED) is 0.543. The van der Waals surface area contributed by atoms with E-state index in [2.05, 4.69) is 4.98 Å². The lowest BCUT2D eigenvalue weighted by Gasteiger charge is -2.01. The zero-order chi connectivity index (χ0) is 9.72. The Morgan fingerprint density at radius 2 is 1.67 bits per heavy atom. The third kappa shape index (κ3) is 2.61. The lowest BCUT2D eigenvalue weighted by molar-refractivity contribution is 0.577. The molecule has 0 spiro atoms. The molecule has 0 N–H and O–H groups in total. The van der Waals surface area contributed by atoms with Gasteiger partial charge in [-0.05, 0) is 38.0 Å². The highest BCUT2D eigenvalue weighted by Gasteiger charge is 1.99. The third-order valence-corrected chi connectivity index (χ3v) is 1.74. The molecule has 1 heterocycles. The standard InChI is InChI=1S/C8H10FN.C2H6/c1-5-4-8(9)10-7(3)6(5)2;1-2/h4H,1-3H3;1-2H3. The summed E-state index contributed by atoms with van der Waals surface area (Å²) in [5.41, 5.74) is 2.81. The number of hydrogen-bond donors (Lipinski definition) is 0. The Balaban J connectivity index is 0.000000561. The number of pyridine rings is 1. The maximum Gasteiger partial charge on any atom is 0.213 e. The van der Waals surface area contributed by atoms with Crippen LogP contribution in [0.5, 0.6) is 0 Å². The number of hydrogen-bond acceptors (Lipinski definition) is 1. The number of halogens is 1. The summed E-state index contributed by atoms with van der Waals surface area (Å²) in [5.74, 6) is -0.388. The monoisotopic (exact) mass is 169 g/mol. The second-order valence-electron chi connectivity index (χ2n) is 2.47. The first kappa shape index (κ1) is 11.1. The summed E-state index contributed by atoms with van der Waals surface area (Å²) in [6.45, 7) is 9.63. The molecule has 1 rings (SSSR count). The van der Waals surface area contributed by atoms with Gasteiger partial charge in [-0.1, -0.05) is 13.8 Å². The molecule has 2 heteroatoms. The van der Waals surface area contributed by atoms with Crippen molar-refractivity contribution in [3.63, 3.8) is 0 Å². The van der Waals surface area contributed by atoms with Gasteiger partial charge in [0.2, 0.25) is 5.95 Å². The van der Waals surface area contributed by atoms with Crippen molar-refractivity contribution in [2.45, 2.75) is 34.6 Å². The highest BCUT2D eigenvalue weighted by molar-refractivity contribution is 5.26. The Labute approximate surface area is 73.6 Å². The molecule has 1 aromatic rings. The van der Waals surface area contributed by atoms with E-state index < -0.39 is 0 Å². The van der Waals surface area contributed by atoms with Crippen LogP contribution in [-0.4, -0.2) is 4.98 Å². The molecule has 0 aliphatic carbocycles. The highest BCUT2D eigenvalue weighted by atomic mass is 19.1. The minimum atomic E-state index is -0.388. The first-order valence-corrected chi connectivity index (χ1v) is 4.21. The van der Waals surface area contributed by atoms with Crippen LogP contribution in [-0.2, 0) is 0 Å². The molecule has 0 saturated carbocycles. The van der Waals surface area contributed by atoms with E-state index in [-0.39, 0.29) is 5.95 Å². The van der Waals surface area contributed by atoms with E-state index in [0.717, 1.165) is 16.8 Å². The number of aromatic nitrogens is 1. The summed E-state index contributed by atoms with van der Waals surface area (Å²) in [7, 11) is 0. The van der Waals surface area contributed by atoms with Gasteiger partial charge in [-0.3, -0.25) is 0 Å². The normalized spacial score (nSPS) is 8.83. The van der Waals surface area contributed by atoms with Gasteiger partial charge < -0.3 is 0 Å². The molecule has 0 amide bonds. The van der Waals surface area contributed by atoms with E-state index in [0.29, 0.717) is 0 Å². The molecule has 0 aliphatic heterocycles. The smallest absolute Gasteiger partial charge is 0.213 e. The first-order chi connectivity index (χ1) is 5.61. The molecule has 1 aromatic heterocycles. The summed E-state index contributed by atoms with van der Waals surface area (Å²) in [4.78, 5) is 3.67. The Kier molecular flexibility index (Phi) is 4.49. The molecular formula is C10H16FN. The summed E-state index contributed by atoms with van der Waals surface area (Å²) in [6.07, 6.45) is 0. The number of aryl methyl sites for hydroxylation is 2. The maximum absolute atomic E-state index is 12.5. The molecule has 68 valence electrons. The van der Waals surface area contributed by atoms with Gasteiger partial charge in [0, 0.05) is 5.69 Å². The van der Waals surface area contributed by atoms with Crippen LogP contribution in [0.2, 0.25) is 0 Å². The fourth-order valence-corrected chi connectivity index (χ4v) is 0.849. The number of rotatable bonds is 0. The topological polar surface area (TPSA) is 12.9 Å². The molecule has 0 radical (unpaired) electrons. The highest BCUT2D eigenvalue weighted by Crippen LogP contribution is 2.09. The minimum Gasteiger partial charge on any atom is -0.225 e. The second kappa shape index (κ2) is 4.86. The predicted molar refractivity (Wildman–Crippen MR) is 49.8 cm³/mol.